The smallest absolute Gasteiger partial charge is 0.0893 e. The molecule has 16 heavy (non-hydrogen) atoms. The van der Waals surface area contributed by atoms with Crippen LogP contribution in [0, 0.1) is 11.8 Å². The predicted molar refractivity (Wildman–Crippen MR) is 64.1 cm³/mol. The van der Waals surface area contributed by atoms with E-state index >= 15 is 0 Å². The van der Waals surface area contributed by atoms with Crippen LogP contribution in [0.5, 0.6) is 0 Å². The second kappa shape index (κ2) is 6.27. The Morgan fingerprint density at radius 1 is 1.38 bits per heavy atom. The normalized spacial score (nSPS) is 25.8. The number of rotatable bonds is 5. The van der Waals surface area contributed by atoms with E-state index < -0.39 is 0 Å². The van der Waals surface area contributed by atoms with Gasteiger partial charge in [0.25, 0.3) is 0 Å². The van der Waals surface area contributed by atoms with Crippen LogP contribution in [-0.2, 0) is 6.54 Å². The summed E-state index contributed by atoms with van der Waals surface area (Å²) in [6, 6.07) is 0. The molecule has 0 saturated heterocycles. The molecule has 2 N–H and O–H groups in total. The van der Waals surface area contributed by atoms with E-state index in [1.54, 1.807) is 0 Å². The van der Waals surface area contributed by atoms with Crippen LogP contribution < -0.4 is 5.32 Å². The van der Waals surface area contributed by atoms with Gasteiger partial charge in [0.05, 0.1) is 5.69 Å². The molecule has 0 aliphatic heterocycles. The summed E-state index contributed by atoms with van der Waals surface area (Å²) in [7, 11) is 0. The van der Waals surface area contributed by atoms with Crippen LogP contribution in [0.25, 0.3) is 0 Å². The molecule has 0 spiro atoms. The van der Waals surface area contributed by atoms with Gasteiger partial charge >= 0.3 is 0 Å². The lowest BCUT2D eigenvalue weighted by atomic mass is 9.79. The zero-order chi connectivity index (χ0) is 11.2. The lowest BCUT2D eigenvalue weighted by Gasteiger charge is -2.30. The van der Waals surface area contributed by atoms with Gasteiger partial charge in [0.15, 0.2) is 0 Å². The van der Waals surface area contributed by atoms with Gasteiger partial charge in [0, 0.05) is 18.5 Å². The average Bonchev–Trinajstić information content (AvgIpc) is 2.83. The molecule has 0 aromatic carbocycles. The van der Waals surface area contributed by atoms with Gasteiger partial charge in [0.1, 0.15) is 0 Å². The highest BCUT2D eigenvalue weighted by Crippen LogP contribution is 2.29. The molecule has 1 heterocycles. The summed E-state index contributed by atoms with van der Waals surface area (Å²) in [5, 5.41) is 18.7. The fourth-order valence-corrected chi connectivity index (χ4v) is 2.89. The summed E-state index contributed by atoms with van der Waals surface area (Å²) in [6.07, 6.45) is 5.01. The second-order valence-electron chi connectivity index (χ2n) is 4.51. The number of hydrogen-bond donors (Lipinski definition) is 2. The van der Waals surface area contributed by atoms with Gasteiger partial charge in [-0.05, 0) is 42.8 Å². The lowest BCUT2D eigenvalue weighted by molar-refractivity contribution is 0.133. The maximum atomic E-state index is 9.30. The Labute approximate surface area is 100 Å². The monoisotopic (exact) mass is 241 g/mol. The van der Waals surface area contributed by atoms with E-state index in [0.717, 1.165) is 18.8 Å². The Morgan fingerprint density at radius 2 is 2.19 bits per heavy atom. The number of nitrogens with one attached hydrogen (secondary N) is 1. The first kappa shape index (κ1) is 12.0. The van der Waals surface area contributed by atoms with Crippen molar-refractivity contribution < 1.29 is 5.11 Å². The van der Waals surface area contributed by atoms with E-state index in [2.05, 4.69) is 14.9 Å². The van der Waals surface area contributed by atoms with Crippen LogP contribution in [0.15, 0.2) is 5.38 Å². The Balaban J connectivity index is 1.71. The van der Waals surface area contributed by atoms with E-state index in [4.69, 9.17) is 0 Å². The van der Waals surface area contributed by atoms with E-state index in [9.17, 15) is 5.11 Å². The minimum atomic E-state index is 0.338. The van der Waals surface area contributed by atoms with Crippen molar-refractivity contribution in [3.8, 4) is 0 Å². The summed E-state index contributed by atoms with van der Waals surface area (Å²) in [4.78, 5) is 0. The van der Waals surface area contributed by atoms with Crippen molar-refractivity contribution in [2.45, 2.75) is 32.2 Å². The third-order valence-electron chi connectivity index (χ3n) is 3.42. The molecule has 1 fully saturated rings. The van der Waals surface area contributed by atoms with Crippen molar-refractivity contribution in [2.24, 2.45) is 11.8 Å². The lowest BCUT2D eigenvalue weighted by Crippen LogP contribution is -2.32. The summed E-state index contributed by atoms with van der Waals surface area (Å²) >= 11 is 1.39. The molecule has 2 unspecified atom stereocenters. The van der Waals surface area contributed by atoms with E-state index in [0.29, 0.717) is 18.4 Å². The molecule has 0 bridgehead atoms. The number of aliphatic hydroxyl groups excluding tert-OH is 1. The van der Waals surface area contributed by atoms with Crippen molar-refractivity contribution in [2.75, 3.05) is 13.2 Å². The Morgan fingerprint density at radius 3 is 2.88 bits per heavy atom. The largest absolute Gasteiger partial charge is 0.396 e. The minimum absolute atomic E-state index is 0.338. The maximum Gasteiger partial charge on any atom is 0.0893 e. The first-order valence-electron chi connectivity index (χ1n) is 5.97. The van der Waals surface area contributed by atoms with E-state index in [1.165, 1.54) is 37.2 Å². The zero-order valence-corrected chi connectivity index (χ0v) is 10.2. The topological polar surface area (TPSA) is 58.0 Å². The van der Waals surface area contributed by atoms with Crippen LogP contribution in [0.2, 0.25) is 0 Å². The van der Waals surface area contributed by atoms with E-state index in [-0.39, 0.29) is 0 Å². The molecule has 4 nitrogen and oxygen atoms in total. The van der Waals surface area contributed by atoms with Gasteiger partial charge in [-0.15, -0.1) is 5.10 Å². The Bertz CT molecular complexity index is 291. The van der Waals surface area contributed by atoms with Crippen LogP contribution in [0.3, 0.4) is 0 Å². The number of aromatic nitrogens is 2. The van der Waals surface area contributed by atoms with Gasteiger partial charge in [-0.25, -0.2) is 0 Å². The van der Waals surface area contributed by atoms with Gasteiger partial charge in [-0.3, -0.25) is 0 Å². The van der Waals surface area contributed by atoms with E-state index in [1.807, 2.05) is 5.38 Å². The average molecular weight is 241 g/mol. The van der Waals surface area contributed by atoms with Crippen LogP contribution in [-0.4, -0.2) is 27.8 Å². The summed E-state index contributed by atoms with van der Waals surface area (Å²) in [6.45, 7) is 2.12. The Hall–Kier alpha value is -0.520. The van der Waals surface area contributed by atoms with Gasteiger partial charge in [0.2, 0.25) is 0 Å². The highest BCUT2D eigenvalue weighted by atomic mass is 32.1. The number of hydrogen-bond acceptors (Lipinski definition) is 5. The first-order valence-corrected chi connectivity index (χ1v) is 6.81. The van der Waals surface area contributed by atoms with Gasteiger partial charge in [-0.1, -0.05) is 17.3 Å². The molecule has 0 amide bonds. The molecular formula is C11H19N3OS. The van der Waals surface area contributed by atoms with Crippen LogP contribution in [0.1, 0.15) is 31.4 Å². The van der Waals surface area contributed by atoms with Crippen LogP contribution in [0.4, 0.5) is 0 Å². The zero-order valence-electron chi connectivity index (χ0n) is 9.43. The molecule has 1 aromatic rings. The predicted octanol–water partition coefficient (Wildman–Crippen LogP) is 1.43. The fourth-order valence-electron chi connectivity index (χ4n) is 2.44. The third-order valence-corrected chi connectivity index (χ3v) is 3.97. The van der Waals surface area contributed by atoms with Crippen molar-refractivity contribution in [3.63, 3.8) is 0 Å². The molecule has 90 valence electrons. The molecule has 0 radical (unpaired) electrons. The molecule has 2 atom stereocenters. The number of nitrogens with zero attached hydrogens (tertiary/aromatic N) is 2. The Kier molecular flexibility index (Phi) is 4.69. The molecule has 1 aromatic heterocycles. The van der Waals surface area contributed by atoms with Gasteiger partial charge in [-0.2, -0.15) is 0 Å². The second-order valence-corrected chi connectivity index (χ2v) is 5.12. The molecule has 1 saturated carbocycles. The number of aliphatic hydroxyl groups is 1. The molecule has 5 heteroatoms. The highest BCUT2D eigenvalue weighted by molar-refractivity contribution is 7.03. The third kappa shape index (κ3) is 3.23. The van der Waals surface area contributed by atoms with Gasteiger partial charge < -0.3 is 10.4 Å². The van der Waals surface area contributed by atoms with Crippen molar-refractivity contribution in [3.05, 3.63) is 11.1 Å². The quantitative estimate of drug-likeness (QED) is 0.818. The molecule has 1 aliphatic rings. The highest BCUT2D eigenvalue weighted by Gasteiger charge is 2.23. The molecule has 2 rings (SSSR count). The maximum absolute atomic E-state index is 9.30. The van der Waals surface area contributed by atoms with Crippen LogP contribution >= 0.6 is 11.5 Å². The molecule has 1 aliphatic carbocycles. The SMILES string of the molecule is OCC1CCCCC1CNCc1csnn1. The summed E-state index contributed by atoms with van der Waals surface area (Å²) < 4.78 is 3.83. The molecular weight excluding hydrogens is 222 g/mol. The fraction of sp³-hybridized carbons (Fsp3) is 0.818. The van der Waals surface area contributed by atoms with Crippen molar-refractivity contribution in [1.29, 1.82) is 0 Å². The van der Waals surface area contributed by atoms with Crippen molar-refractivity contribution >= 4 is 11.5 Å². The first-order chi connectivity index (χ1) is 7.90. The summed E-state index contributed by atoms with van der Waals surface area (Å²) in [5.74, 6) is 1.13. The summed E-state index contributed by atoms with van der Waals surface area (Å²) in [5.41, 5.74) is 1.02. The van der Waals surface area contributed by atoms with Crippen molar-refractivity contribution in [1.82, 2.24) is 14.9 Å². The minimum Gasteiger partial charge on any atom is -0.396 e. The standard InChI is InChI=1S/C11H19N3OS/c15-7-10-4-2-1-3-9(10)5-12-6-11-8-16-14-13-11/h8-10,12,15H,1-7H2.